The Kier molecular flexibility index (Phi) is 7.11. The molecule has 3 rings (SSSR count). The van der Waals surface area contributed by atoms with Crippen LogP contribution >= 0.6 is 35.1 Å². The fourth-order valence-electron chi connectivity index (χ4n) is 2.89. The van der Waals surface area contributed by atoms with Gasteiger partial charge in [-0.1, -0.05) is 23.8 Å². The van der Waals surface area contributed by atoms with Crippen molar-refractivity contribution in [2.24, 2.45) is 5.16 Å². The van der Waals surface area contributed by atoms with E-state index in [9.17, 15) is 24.3 Å². The molecule has 13 nitrogen and oxygen atoms in total. The number of hydrogen-bond acceptors (Lipinski definition) is 12. The van der Waals surface area contributed by atoms with Crippen molar-refractivity contribution < 1.29 is 38.8 Å². The number of aromatic nitrogens is 2. The Morgan fingerprint density at radius 2 is 2.16 bits per heavy atom. The van der Waals surface area contributed by atoms with E-state index in [0.29, 0.717) is 16.5 Å². The van der Waals surface area contributed by atoms with E-state index in [4.69, 9.17) is 10.8 Å². The normalized spacial score (nSPS) is 23.1. The third-order valence-electron chi connectivity index (χ3n) is 4.12. The Morgan fingerprint density at radius 3 is 2.74 bits per heavy atom. The van der Waals surface area contributed by atoms with Crippen LogP contribution in [0, 0.1) is 0 Å². The lowest BCUT2D eigenvalue weighted by Crippen LogP contribution is -2.68. The zero-order valence-corrected chi connectivity index (χ0v) is 18.3. The van der Waals surface area contributed by atoms with Crippen molar-refractivity contribution in [1.29, 1.82) is 0 Å². The van der Waals surface area contributed by atoms with Gasteiger partial charge in [0.1, 0.15) is 0 Å². The molecular formula is C15H17N6O7S3+. The minimum Gasteiger partial charge on any atom is -0.479 e. The van der Waals surface area contributed by atoms with Gasteiger partial charge in [0.2, 0.25) is 24.2 Å². The van der Waals surface area contributed by atoms with Crippen molar-refractivity contribution >= 4 is 74.7 Å². The molecule has 166 valence electrons. The first kappa shape index (κ1) is 23.0. The average molecular weight is 490 g/mol. The first-order chi connectivity index (χ1) is 14.7. The molecule has 0 aromatic carbocycles. The minimum atomic E-state index is -1.31. The summed E-state index contributed by atoms with van der Waals surface area (Å²) in [5.41, 5.74) is 5.06. The molecule has 3 atom stereocenters. The second-order valence-electron chi connectivity index (χ2n) is 6.10. The molecule has 0 aliphatic carbocycles. The number of anilines is 1. The molecule has 16 heteroatoms. The molecule has 2 amide bonds. The summed E-state index contributed by atoms with van der Waals surface area (Å²) in [6.45, 7) is 1.09. The number of carboxylic acids is 2. The second kappa shape index (κ2) is 9.61. The second-order valence-corrected chi connectivity index (χ2v) is 9.44. The highest BCUT2D eigenvalue weighted by Crippen LogP contribution is 2.33. The molecular weight excluding hydrogens is 472 g/mol. The van der Waals surface area contributed by atoms with Gasteiger partial charge >= 0.3 is 17.8 Å². The van der Waals surface area contributed by atoms with Gasteiger partial charge in [-0.15, -0.1) is 4.58 Å². The van der Waals surface area contributed by atoms with Gasteiger partial charge in [0.15, 0.2) is 5.13 Å². The Morgan fingerprint density at radius 1 is 1.42 bits per heavy atom. The lowest BCUT2D eigenvalue weighted by atomic mass is 10.1. The van der Waals surface area contributed by atoms with Crippen LogP contribution in [0.25, 0.3) is 0 Å². The van der Waals surface area contributed by atoms with Crippen LogP contribution in [0.5, 0.6) is 0 Å². The minimum absolute atomic E-state index is 0.0422. The predicted molar refractivity (Wildman–Crippen MR) is 112 cm³/mol. The van der Waals surface area contributed by atoms with Crippen LogP contribution < -0.4 is 11.1 Å². The summed E-state index contributed by atoms with van der Waals surface area (Å²) in [4.78, 5) is 56.2. The van der Waals surface area contributed by atoms with Crippen LogP contribution in [-0.2, 0) is 24.0 Å². The number of nitrogen functional groups attached to an aromatic ring is 1. The van der Waals surface area contributed by atoms with Crippen molar-refractivity contribution in [3.8, 4) is 0 Å². The van der Waals surface area contributed by atoms with Crippen LogP contribution in [-0.4, -0.2) is 94.1 Å². The number of oxime groups is 1. The first-order valence-corrected chi connectivity index (χ1v) is 11.5. The number of thioether (sulfide) groups is 2. The Labute approximate surface area is 187 Å². The lowest BCUT2D eigenvalue weighted by molar-refractivity contribution is -0.494. The van der Waals surface area contributed by atoms with Crippen LogP contribution in [0.1, 0.15) is 12.7 Å². The fourth-order valence-corrected chi connectivity index (χ4v) is 5.95. The maximum Gasteiger partial charge on any atom is 0.422 e. The molecule has 31 heavy (non-hydrogen) atoms. The summed E-state index contributed by atoms with van der Waals surface area (Å²) in [5.74, 6) is -2.92. The maximum atomic E-state index is 12.7. The predicted octanol–water partition coefficient (Wildman–Crippen LogP) is -1.32. The van der Waals surface area contributed by atoms with E-state index in [1.807, 2.05) is 6.92 Å². The van der Waals surface area contributed by atoms with Gasteiger partial charge in [-0.2, -0.15) is 21.1 Å². The van der Waals surface area contributed by atoms with E-state index >= 15 is 0 Å². The molecule has 1 aromatic rings. The molecule has 0 bridgehead atoms. The van der Waals surface area contributed by atoms with Crippen molar-refractivity contribution in [2.75, 3.05) is 23.8 Å². The lowest BCUT2D eigenvalue weighted by Gasteiger charge is -2.33. The zero-order valence-electron chi connectivity index (χ0n) is 15.9. The Balaban J connectivity index is 1.81. The van der Waals surface area contributed by atoms with Gasteiger partial charge in [0, 0.05) is 17.3 Å². The summed E-state index contributed by atoms with van der Waals surface area (Å²) in [6.07, 6.45) is 0. The van der Waals surface area contributed by atoms with E-state index in [1.165, 1.54) is 28.1 Å². The first-order valence-electron chi connectivity index (χ1n) is 8.73. The van der Waals surface area contributed by atoms with Crippen LogP contribution in [0.4, 0.5) is 5.13 Å². The number of amides is 2. The van der Waals surface area contributed by atoms with Crippen molar-refractivity contribution in [2.45, 2.75) is 24.3 Å². The van der Waals surface area contributed by atoms with Gasteiger partial charge in [0.05, 0.1) is 5.25 Å². The number of carbonyl (C=O) groups excluding carboxylic acids is 2. The van der Waals surface area contributed by atoms with E-state index in [1.54, 1.807) is 0 Å². The summed E-state index contributed by atoms with van der Waals surface area (Å²) in [5, 5.41) is 24.4. The third-order valence-corrected chi connectivity index (χ3v) is 7.31. The molecule has 0 saturated heterocycles. The van der Waals surface area contributed by atoms with E-state index in [2.05, 4.69) is 24.7 Å². The van der Waals surface area contributed by atoms with Crippen LogP contribution in [0.15, 0.2) is 5.16 Å². The highest BCUT2D eigenvalue weighted by molar-refractivity contribution is 8.15. The topological polar surface area (TPSA) is 197 Å². The maximum absolute atomic E-state index is 12.7. The number of aliphatic carboxylic acids is 2. The SMILES string of the molecule is CCSC1CSC2=[N+](C(=O)C2NC(=O)C(=NOCC(=O)O)c2nsc(N)n2)C1C(=O)O. The van der Waals surface area contributed by atoms with Gasteiger partial charge in [-0.3, -0.25) is 4.79 Å². The molecule has 2 aliphatic heterocycles. The Hall–Kier alpha value is -2.72. The quantitative estimate of drug-likeness (QED) is 0.182. The van der Waals surface area contributed by atoms with Crippen LogP contribution in [0.2, 0.25) is 0 Å². The number of carbonyl (C=O) groups is 4. The van der Waals surface area contributed by atoms with E-state index < -0.39 is 48.2 Å². The monoisotopic (exact) mass is 489 g/mol. The number of nitrogens with two attached hydrogens (primary N) is 1. The largest absolute Gasteiger partial charge is 0.479 e. The fraction of sp³-hybridized carbons (Fsp3) is 0.467. The van der Waals surface area contributed by atoms with Crippen LogP contribution in [0.3, 0.4) is 0 Å². The molecule has 5 N–H and O–H groups in total. The third kappa shape index (κ3) is 4.80. The van der Waals surface area contributed by atoms with Gasteiger partial charge < -0.3 is 26.1 Å². The highest BCUT2D eigenvalue weighted by atomic mass is 32.2. The molecule has 0 radical (unpaired) electrons. The van der Waals surface area contributed by atoms with E-state index in [0.717, 1.165) is 11.5 Å². The van der Waals surface area contributed by atoms with Crippen molar-refractivity contribution in [3.63, 3.8) is 0 Å². The molecule has 0 saturated carbocycles. The standard InChI is InChI=1S/C15H16N6O7S3/c1-2-29-5-4-30-13-8(12(25)21(13)9(5)14(26)27)17-11(24)7(19-28-3-6(22)23)10-18-15(16)31-20-10/h5,8-9H,2-4H2,1H3,(H4-,16,17,18,20,22,23,24,26,27)/p+1. The molecule has 3 heterocycles. The van der Waals surface area contributed by atoms with E-state index in [-0.39, 0.29) is 16.2 Å². The van der Waals surface area contributed by atoms with Crippen molar-refractivity contribution in [3.05, 3.63) is 5.82 Å². The zero-order chi connectivity index (χ0) is 22.7. The molecule has 3 unspecified atom stereocenters. The molecule has 1 aromatic heterocycles. The van der Waals surface area contributed by atoms with Gasteiger partial charge in [0.25, 0.3) is 17.0 Å². The number of carboxylic acid groups (broad SMARTS) is 2. The average Bonchev–Trinajstić information content (AvgIpc) is 3.14. The molecule has 2 aliphatic rings. The highest BCUT2D eigenvalue weighted by Gasteiger charge is 2.61. The molecule has 0 spiro atoms. The summed E-state index contributed by atoms with van der Waals surface area (Å²) in [6, 6.07) is -2.08. The summed E-state index contributed by atoms with van der Waals surface area (Å²) < 4.78 is 5.04. The van der Waals surface area contributed by atoms with Gasteiger partial charge in [-0.25, -0.2) is 14.4 Å². The molecule has 0 fully saturated rings. The summed E-state index contributed by atoms with van der Waals surface area (Å²) >= 11 is 3.54. The number of nitrogens with one attached hydrogen (secondary N) is 1. The Bertz CT molecular complexity index is 993. The number of hydrogen-bond donors (Lipinski definition) is 4. The summed E-state index contributed by atoms with van der Waals surface area (Å²) in [7, 11) is 0. The number of nitrogens with zero attached hydrogens (tertiary/aromatic N) is 4. The van der Waals surface area contributed by atoms with Crippen molar-refractivity contribution in [1.82, 2.24) is 14.7 Å². The van der Waals surface area contributed by atoms with Gasteiger partial charge in [-0.05, 0) is 5.75 Å². The smallest absolute Gasteiger partial charge is 0.422 e. The number of rotatable bonds is 9.